The quantitative estimate of drug-likeness (QED) is 0.164. The fraction of sp³-hybridized carbons (Fsp3) is 0.350. The lowest BCUT2D eigenvalue weighted by atomic mass is 9.94. The van der Waals surface area contributed by atoms with Crippen LogP contribution < -0.4 is 9.62 Å². The maximum atomic E-state index is 14.8. The van der Waals surface area contributed by atoms with Crippen LogP contribution in [0.15, 0.2) is 108 Å². The minimum absolute atomic E-state index is 0.0512. The van der Waals surface area contributed by atoms with Gasteiger partial charge in [-0.05, 0) is 68.0 Å². The molecule has 1 atom stereocenters. The van der Waals surface area contributed by atoms with Gasteiger partial charge in [-0.25, -0.2) is 8.42 Å². The van der Waals surface area contributed by atoms with E-state index in [1.54, 1.807) is 41.3 Å². The highest BCUT2D eigenvalue weighted by Gasteiger charge is 2.36. The number of carbonyl (C=O) groups excluding carboxylic acids is 2. The average molecular weight is 666 g/mol. The molecule has 0 bridgehead atoms. The summed E-state index contributed by atoms with van der Waals surface area (Å²) < 4.78 is 30.0. The van der Waals surface area contributed by atoms with Gasteiger partial charge in [0.25, 0.3) is 10.0 Å². The molecule has 1 aliphatic carbocycles. The molecule has 252 valence electrons. The van der Waals surface area contributed by atoms with Crippen molar-refractivity contribution in [2.24, 2.45) is 0 Å². The molecule has 48 heavy (non-hydrogen) atoms. The lowest BCUT2D eigenvalue weighted by molar-refractivity contribution is -0.140. The topological polar surface area (TPSA) is 86.8 Å². The van der Waals surface area contributed by atoms with E-state index in [9.17, 15) is 18.0 Å². The standard InChI is InChI=1S/C40H47N3O4S/c1-4-34-18-11-12-21-37(34)43(48(46,47)36-24-22-30(2)23-25-36)29-39(44)42(28-33-17-13-14-31(3)26-33)38(27-32-15-7-5-8-16-32)40(45)41-35-19-9-6-10-20-35/h5,7-8,11-18,21-26,35,38H,4,6,9-10,19-20,27-29H2,1-3H3,(H,41,45). The van der Waals surface area contributed by atoms with E-state index in [-0.39, 0.29) is 23.4 Å². The van der Waals surface area contributed by atoms with Gasteiger partial charge in [-0.2, -0.15) is 0 Å². The van der Waals surface area contributed by atoms with Crippen LogP contribution in [0.1, 0.15) is 66.8 Å². The van der Waals surface area contributed by atoms with Gasteiger partial charge in [0.1, 0.15) is 12.6 Å². The molecule has 4 aromatic carbocycles. The van der Waals surface area contributed by atoms with Crippen molar-refractivity contribution in [2.75, 3.05) is 10.8 Å². The zero-order chi connectivity index (χ0) is 34.1. The number of nitrogens with one attached hydrogen (secondary N) is 1. The number of amides is 2. The Morgan fingerprint density at radius 1 is 0.792 bits per heavy atom. The lowest BCUT2D eigenvalue weighted by Gasteiger charge is -2.35. The van der Waals surface area contributed by atoms with Crippen LogP contribution >= 0.6 is 0 Å². The second kappa shape index (κ2) is 16.1. The Morgan fingerprint density at radius 2 is 1.46 bits per heavy atom. The van der Waals surface area contributed by atoms with Gasteiger partial charge in [0, 0.05) is 19.0 Å². The average Bonchev–Trinajstić information content (AvgIpc) is 3.09. The summed E-state index contributed by atoms with van der Waals surface area (Å²) in [5.41, 5.74) is 5.02. The number of hydrogen-bond acceptors (Lipinski definition) is 4. The normalized spacial score (nSPS) is 14.2. The Balaban J connectivity index is 1.58. The van der Waals surface area contributed by atoms with Crippen LogP contribution in [-0.2, 0) is 39.0 Å². The predicted octanol–water partition coefficient (Wildman–Crippen LogP) is 7.15. The zero-order valence-electron chi connectivity index (χ0n) is 28.3. The van der Waals surface area contributed by atoms with Crippen LogP contribution in [-0.4, -0.2) is 43.8 Å². The van der Waals surface area contributed by atoms with Crippen LogP contribution in [0, 0.1) is 13.8 Å². The molecule has 1 saturated carbocycles. The molecular formula is C40H47N3O4S. The molecule has 0 spiro atoms. The van der Waals surface area contributed by atoms with E-state index in [1.165, 1.54) is 4.31 Å². The van der Waals surface area contributed by atoms with Crippen LogP contribution in [0.2, 0.25) is 0 Å². The van der Waals surface area contributed by atoms with E-state index in [1.807, 2.05) is 87.5 Å². The molecule has 0 radical (unpaired) electrons. The third kappa shape index (κ3) is 8.72. The number of anilines is 1. The van der Waals surface area contributed by atoms with E-state index < -0.39 is 28.5 Å². The fourth-order valence-electron chi connectivity index (χ4n) is 6.51. The van der Waals surface area contributed by atoms with Crippen molar-refractivity contribution in [2.45, 2.75) is 89.2 Å². The Morgan fingerprint density at radius 3 is 2.15 bits per heavy atom. The predicted molar refractivity (Wildman–Crippen MR) is 192 cm³/mol. The molecule has 1 unspecified atom stereocenters. The van der Waals surface area contributed by atoms with Gasteiger partial charge in [-0.3, -0.25) is 13.9 Å². The molecule has 7 nitrogen and oxygen atoms in total. The summed E-state index contributed by atoms with van der Waals surface area (Å²) >= 11 is 0. The molecule has 1 fully saturated rings. The first kappa shape index (κ1) is 34.9. The lowest BCUT2D eigenvalue weighted by Crippen LogP contribution is -2.55. The molecular weight excluding hydrogens is 619 g/mol. The Kier molecular flexibility index (Phi) is 11.7. The molecule has 0 saturated heterocycles. The third-order valence-corrected chi connectivity index (χ3v) is 11.0. The van der Waals surface area contributed by atoms with E-state index >= 15 is 0 Å². The van der Waals surface area contributed by atoms with Crippen molar-refractivity contribution in [3.63, 3.8) is 0 Å². The molecule has 0 aliphatic heterocycles. The van der Waals surface area contributed by atoms with Crippen LogP contribution in [0.4, 0.5) is 5.69 Å². The van der Waals surface area contributed by atoms with Crippen molar-refractivity contribution in [3.05, 3.63) is 131 Å². The van der Waals surface area contributed by atoms with Gasteiger partial charge in [-0.15, -0.1) is 0 Å². The molecule has 1 aliphatic rings. The summed E-state index contributed by atoms with van der Waals surface area (Å²) in [6.45, 7) is 5.56. The molecule has 0 heterocycles. The maximum Gasteiger partial charge on any atom is 0.264 e. The Labute approximate surface area is 286 Å². The van der Waals surface area contributed by atoms with Gasteiger partial charge in [0.2, 0.25) is 11.8 Å². The molecule has 4 aromatic rings. The van der Waals surface area contributed by atoms with E-state index in [4.69, 9.17) is 0 Å². The Bertz CT molecular complexity index is 1780. The summed E-state index contributed by atoms with van der Waals surface area (Å²) in [6, 6.07) is 30.7. The number of nitrogens with zero attached hydrogens (tertiary/aromatic N) is 2. The second-order valence-electron chi connectivity index (χ2n) is 12.9. The first-order valence-electron chi connectivity index (χ1n) is 17.0. The third-order valence-electron chi connectivity index (χ3n) is 9.19. The van der Waals surface area contributed by atoms with Crippen molar-refractivity contribution >= 4 is 27.5 Å². The van der Waals surface area contributed by atoms with Gasteiger partial charge in [-0.1, -0.05) is 122 Å². The second-order valence-corrected chi connectivity index (χ2v) is 14.7. The number of carbonyl (C=O) groups is 2. The van der Waals surface area contributed by atoms with Crippen molar-refractivity contribution < 1.29 is 18.0 Å². The van der Waals surface area contributed by atoms with Crippen LogP contribution in [0.3, 0.4) is 0 Å². The molecule has 1 N–H and O–H groups in total. The molecule has 8 heteroatoms. The molecule has 0 aromatic heterocycles. The highest BCUT2D eigenvalue weighted by atomic mass is 32.2. The summed E-state index contributed by atoms with van der Waals surface area (Å²) in [5, 5.41) is 3.27. The van der Waals surface area contributed by atoms with Gasteiger partial charge in [0.05, 0.1) is 10.6 Å². The number of aryl methyl sites for hydroxylation is 3. The van der Waals surface area contributed by atoms with Crippen molar-refractivity contribution in [1.82, 2.24) is 10.2 Å². The fourth-order valence-corrected chi connectivity index (χ4v) is 7.96. The van der Waals surface area contributed by atoms with E-state index in [2.05, 4.69) is 5.32 Å². The van der Waals surface area contributed by atoms with Crippen LogP contribution in [0.5, 0.6) is 0 Å². The number of para-hydroxylation sites is 1. The minimum atomic E-state index is -4.15. The van der Waals surface area contributed by atoms with E-state index in [0.29, 0.717) is 18.5 Å². The monoisotopic (exact) mass is 665 g/mol. The Hall–Kier alpha value is -4.43. The maximum absolute atomic E-state index is 14.8. The van der Waals surface area contributed by atoms with E-state index in [0.717, 1.165) is 59.9 Å². The highest BCUT2D eigenvalue weighted by Crippen LogP contribution is 2.29. The summed E-state index contributed by atoms with van der Waals surface area (Å²) in [4.78, 5) is 30.8. The van der Waals surface area contributed by atoms with Gasteiger partial charge < -0.3 is 10.2 Å². The first-order chi connectivity index (χ1) is 23.2. The summed E-state index contributed by atoms with van der Waals surface area (Å²) in [6.07, 6.45) is 5.97. The minimum Gasteiger partial charge on any atom is -0.352 e. The number of benzene rings is 4. The van der Waals surface area contributed by atoms with Crippen molar-refractivity contribution in [3.8, 4) is 0 Å². The summed E-state index contributed by atoms with van der Waals surface area (Å²) in [5.74, 6) is -0.661. The first-order valence-corrected chi connectivity index (χ1v) is 18.5. The molecule has 5 rings (SSSR count). The smallest absolute Gasteiger partial charge is 0.264 e. The SMILES string of the molecule is CCc1ccccc1N(CC(=O)N(Cc1cccc(C)c1)C(Cc1ccccc1)C(=O)NC1CCCCC1)S(=O)(=O)c1ccc(C)cc1. The number of rotatable bonds is 13. The number of sulfonamides is 1. The zero-order valence-corrected chi connectivity index (χ0v) is 29.1. The highest BCUT2D eigenvalue weighted by molar-refractivity contribution is 7.92. The largest absolute Gasteiger partial charge is 0.352 e. The van der Waals surface area contributed by atoms with Crippen LogP contribution in [0.25, 0.3) is 0 Å². The van der Waals surface area contributed by atoms with Gasteiger partial charge >= 0.3 is 0 Å². The number of hydrogen-bond donors (Lipinski definition) is 1. The summed E-state index contributed by atoms with van der Waals surface area (Å²) in [7, 11) is -4.15. The molecule has 2 amide bonds. The van der Waals surface area contributed by atoms with Gasteiger partial charge in [0.15, 0.2) is 0 Å². The van der Waals surface area contributed by atoms with Crippen molar-refractivity contribution in [1.29, 1.82) is 0 Å².